The van der Waals surface area contributed by atoms with Crippen LogP contribution in [0.2, 0.25) is 0 Å². The van der Waals surface area contributed by atoms with Gasteiger partial charge >= 0.3 is 0 Å². The summed E-state index contributed by atoms with van der Waals surface area (Å²) in [6, 6.07) is 19.9. The van der Waals surface area contributed by atoms with E-state index in [9.17, 15) is 4.79 Å². The molecule has 4 aromatic heterocycles. The van der Waals surface area contributed by atoms with Crippen molar-refractivity contribution in [1.82, 2.24) is 24.4 Å². The number of ether oxygens (including phenoxy) is 1. The van der Waals surface area contributed by atoms with Crippen LogP contribution in [0.3, 0.4) is 0 Å². The van der Waals surface area contributed by atoms with Crippen molar-refractivity contribution in [3.63, 3.8) is 0 Å². The summed E-state index contributed by atoms with van der Waals surface area (Å²) in [4.78, 5) is 19.4. The van der Waals surface area contributed by atoms with Crippen LogP contribution >= 0.6 is 22.7 Å². The highest BCUT2D eigenvalue weighted by Crippen LogP contribution is 2.29. The Kier molecular flexibility index (Phi) is 6.39. The summed E-state index contributed by atoms with van der Waals surface area (Å²) in [6.07, 6.45) is 3.84. The number of thiophene rings is 1. The van der Waals surface area contributed by atoms with Crippen LogP contribution in [-0.2, 0) is 0 Å². The molecule has 6 rings (SSSR count). The normalized spacial score (nSPS) is 12.2. The predicted molar refractivity (Wildman–Crippen MR) is 153 cm³/mol. The van der Waals surface area contributed by atoms with E-state index in [0.717, 1.165) is 38.7 Å². The Morgan fingerprint density at radius 3 is 2.61 bits per heavy atom. The second kappa shape index (κ2) is 10.00. The summed E-state index contributed by atoms with van der Waals surface area (Å²) in [5.74, 6) is 1.88. The van der Waals surface area contributed by atoms with Crippen molar-refractivity contribution in [1.29, 1.82) is 0 Å². The van der Waals surface area contributed by atoms with Crippen LogP contribution in [0.15, 0.2) is 77.0 Å². The van der Waals surface area contributed by atoms with Crippen molar-refractivity contribution in [2.45, 2.75) is 20.8 Å². The largest absolute Gasteiger partial charge is 0.493 e. The Hall–Kier alpha value is -4.08. The Morgan fingerprint density at radius 2 is 1.89 bits per heavy atom. The number of hydrogen-bond acceptors (Lipinski definition) is 7. The van der Waals surface area contributed by atoms with Crippen molar-refractivity contribution < 1.29 is 4.74 Å². The van der Waals surface area contributed by atoms with E-state index in [2.05, 4.69) is 30.0 Å². The third-order valence-electron chi connectivity index (χ3n) is 5.99. The average Bonchev–Trinajstić information content (AvgIpc) is 3.70. The van der Waals surface area contributed by atoms with Gasteiger partial charge in [0.25, 0.3) is 5.56 Å². The van der Waals surface area contributed by atoms with Gasteiger partial charge < -0.3 is 4.74 Å². The Balaban J connectivity index is 1.45. The topological polar surface area (TPSA) is 74.3 Å². The fourth-order valence-electron chi connectivity index (χ4n) is 4.13. The molecule has 0 spiro atoms. The molecule has 0 aliphatic rings. The van der Waals surface area contributed by atoms with Crippen molar-refractivity contribution in [3.8, 4) is 33.4 Å². The molecular formula is C29H25N5O2S2. The number of fused-ring (bicyclic) bond motifs is 1. The molecule has 38 heavy (non-hydrogen) atoms. The first-order valence-electron chi connectivity index (χ1n) is 12.3. The number of aryl methyl sites for hydroxylation is 1. The number of thiazole rings is 1. The first-order valence-corrected chi connectivity index (χ1v) is 14.0. The van der Waals surface area contributed by atoms with Gasteiger partial charge in [0.05, 0.1) is 21.7 Å². The lowest BCUT2D eigenvalue weighted by molar-refractivity contribution is 0.269. The van der Waals surface area contributed by atoms with Crippen LogP contribution in [0.25, 0.3) is 38.7 Å². The van der Waals surface area contributed by atoms with E-state index in [4.69, 9.17) is 9.84 Å². The molecule has 0 aliphatic heterocycles. The van der Waals surface area contributed by atoms with Gasteiger partial charge in [0.1, 0.15) is 11.4 Å². The van der Waals surface area contributed by atoms with E-state index in [0.29, 0.717) is 27.8 Å². The second-order valence-corrected chi connectivity index (χ2v) is 11.4. The second-order valence-electron chi connectivity index (χ2n) is 9.42. The summed E-state index contributed by atoms with van der Waals surface area (Å²) < 4.78 is 9.76. The monoisotopic (exact) mass is 539 g/mol. The van der Waals surface area contributed by atoms with Gasteiger partial charge in [0, 0.05) is 17.3 Å². The van der Waals surface area contributed by atoms with E-state index in [1.54, 1.807) is 11.3 Å². The Morgan fingerprint density at radius 1 is 1.05 bits per heavy atom. The van der Waals surface area contributed by atoms with Crippen molar-refractivity contribution in [2.75, 3.05) is 6.61 Å². The third-order valence-corrected chi connectivity index (χ3v) is 7.82. The van der Waals surface area contributed by atoms with Crippen molar-refractivity contribution >= 4 is 33.7 Å². The number of hydrogen-bond donors (Lipinski definition) is 0. The van der Waals surface area contributed by atoms with Gasteiger partial charge in [0.15, 0.2) is 5.82 Å². The van der Waals surface area contributed by atoms with Crippen LogP contribution in [0.5, 0.6) is 5.75 Å². The maximum atomic E-state index is 13.3. The molecule has 2 aromatic carbocycles. The summed E-state index contributed by atoms with van der Waals surface area (Å²) in [6.45, 7) is 6.97. The highest BCUT2D eigenvalue weighted by atomic mass is 32.1. The molecular weight excluding hydrogens is 514 g/mol. The molecule has 0 unspecified atom stereocenters. The lowest BCUT2D eigenvalue weighted by Gasteiger charge is -2.12. The number of para-hydroxylation sites is 1. The molecule has 9 heteroatoms. The van der Waals surface area contributed by atoms with Crippen molar-refractivity contribution in [3.05, 3.63) is 98.3 Å². The van der Waals surface area contributed by atoms with E-state index >= 15 is 0 Å². The van der Waals surface area contributed by atoms with Gasteiger partial charge in [0.2, 0.25) is 4.96 Å². The highest BCUT2D eigenvalue weighted by molar-refractivity contribution is 7.15. The van der Waals surface area contributed by atoms with Crippen LogP contribution in [0, 0.1) is 12.8 Å². The molecule has 0 radical (unpaired) electrons. The fourth-order valence-corrected chi connectivity index (χ4v) is 5.68. The maximum Gasteiger partial charge on any atom is 0.291 e. The van der Waals surface area contributed by atoms with E-state index in [1.807, 2.05) is 83.9 Å². The third kappa shape index (κ3) is 4.66. The Bertz CT molecular complexity index is 1830. The van der Waals surface area contributed by atoms with Gasteiger partial charge in [-0.3, -0.25) is 4.79 Å². The summed E-state index contributed by atoms with van der Waals surface area (Å²) in [7, 11) is 0. The molecule has 0 atom stereocenters. The van der Waals surface area contributed by atoms with Gasteiger partial charge in [-0.1, -0.05) is 49.4 Å². The van der Waals surface area contributed by atoms with Crippen LogP contribution in [-0.4, -0.2) is 31.0 Å². The number of benzene rings is 2. The summed E-state index contributed by atoms with van der Waals surface area (Å²) in [5, 5.41) is 11.4. The smallest absolute Gasteiger partial charge is 0.291 e. The van der Waals surface area contributed by atoms with Crippen LogP contribution < -0.4 is 14.8 Å². The molecule has 4 heterocycles. The van der Waals surface area contributed by atoms with Gasteiger partial charge in [-0.05, 0) is 66.3 Å². The number of aromatic nitrogens is 5. The number of rotatable bonds is 7. The molecule has 6 aromatic rings. The maximum absolute atomic E-state index is 13.3. The lowest BCUT2D eigenvalue weighted by atomic mass is 10.0. The van der Waals surface area contributed by atoms with E-state index < -0.39 is 0 Å². The summed E-state index contributed by atoms with van der Waals surface area (Å²) >= 11 is 2.88. The Labute approximate surface area is 227 Å². The molecule has 190 valence electrons. The van der Waals surface area contributed by atoms with E-state index in [1.165, 1.54) is 15.9 Å². The SMILES string of the molecule is Cc1cc(-c2nn(-c3ccccc3)cc2C=c2sc3nc(-c4cccs4)nn3c2=O)ccc1OCC(C)C. The lowest BCUT2D eigenvalue weighted by Crippen LogP contribution is -2.23. The molecule has 0 bridgehead atoms. The highest BCUT2D eigenvalue weighted by Gasteiger charge is 2.16. The standard InChI is InChI=1S/C29H25N5O2S2/c1-18(2)17-36-23-12-11-20(14-19(23)3)26-21(16-33(31-26)22-8-5-4-6-9-22)15-25-28(35)34-29(38-25)30-27(32-34)24-10-7-13-37-24/h4-16,18H,17H2,1-3H3. The average molecular weight is 540 g/mol. The predicted octanol–water partition coefficient (Wildman–Crippen LogP) is 5.62. The molecule has 0 fully saturated rings. The quantitative estimate of drug-likeness (QED) is 0.263. The minimum atomic E-state index is -0.188. The van der Waals surface area contributed by atoms with Crippen LogP contribution in [0.1, 0.15) is 25.0 Å². The van der Waals surface area contributed by atoms with Gasteiger partial charge in [-0.2, -0.15) is 14.6 Å². The number of nitrogens with zero attached hydrogens (tertiary/aromatic N) is 5. The molecule has 0 saturated carbocycles. The zero-order valence-electron chi connectivity index (χ0n) is 21.2. The van der Waals surface area contributed by atoms with Gasteiger partial charge in [-0.25, -0.2) is 4.68 Å². The molecule has 0 N–H and O–H groups in total. The zero-order valence-corrected chi connectivity index (χ0v) is 22.8. The fraction of sp³-hybridized carbons (Fsp3) is 0.172. The molecule has 0 saturated heterocycles. The minimum absolute atomic E-state index is 0.188. The first kappa shape index (κ1) is 24.3. The van der Waals surface area contributed by atoms with Crippen LogP contribution in [0.4, 0.5) is 0 Å². The molecule has 0 amide bonds. The molecule has 0 aliphatic carbocycles. The van der Waals surface area contributed by atoms with Gasteiger partial charge in [-0.15, -0.1) is 16.4 Å². The first-order chi connectivity index (χ1) is 18.5. The van der Waals surface area contributed by atoms with E-state index in [-0.39, 0.29) is 5.56 Å². The van der Waals surface area contributed by atoms with Crippen molar-refractivity contribution in [2.24, 2.45) is 5.92 Å². The minimum Gasteiger partial charge on any atom is -0.493 e. The zero-order chi connectivity index (χ0) is 26.2. The molecule has 7 nitrogen and oxygen atoms in total. The summed E-state index contributed by atoms with van der Waals surface area (Å²) in [5.41, 5.74) is 4.36.